The highest BCUT2D eigenvalue weighted by molar-refractivity contribution is 6.06. The second kappa shape index (κ2) is 11.9. The molecule has 0 saturated carbocycles. The van der Waals surface area contributed by atoms with Crippen LogP contribution >= 0.6 is 0 Å². The first kappa shape index (κ1) is 28.4. The average molecular weight is 523 g/mol. The van der Waals surface area contributed by atoms with Gasteiger partial charge in [-0.05, 0) is 35.1 Å². The Morgan fingerprint density at radius 1 is 0.789 bits per heavy atom. The normalized spacial score (nSPS) is 12.9. The van der Waals surface area contributed by atoms with E-state index in [1.807, 2.05) is 48.5 Å². The average Bonchev–Trinajstić information content (AvgIpc) is 3.20. The quantitative estimate of drug-likeness (QED) is 0.259. The number of carbonyl (C=O) groups excluding carboxylic acids is 5. The highest BCUT2D eigenvalue weighted by Crippen LogP contribution is 2.49. The summed E-state index contributed by atoms with van der Waals surface area (Å²) in [7, 11) is 2.70. The van der Waals surface area contributed by atoms with Gasteiger partial charge in [-0.15, -0.1) is 0 Å². The smallest absolute Gasteiger partial charge is 0.325 e. The maximum absolute atomic E-state index is 13.9. The van der Waals surface area contributed by atoms with Gasteiger partial charge in [-0.2, -0.15) is 0 Å². The third-order valence-electron chi connectivity index (χ3n) is 7.22. The van der Waals surface area contributed by atoms with Crippen molar-refractivity contribution < 1.29 is 28.7 Å². The van der Waals surface area contributed by atoms with E-state index in [-0.39, 0.29) is 32.4 Å². The van der Waals surface area contributed by atoms with Crippen molar-refractivity contribution in [2.75, 3.05) is 27.2 Å². The molecule has 0 aromatic heterocycles. The van der Waals surface area contributed by atoms with Gasteiger partial charge in [-0.25, -0.2) is 0 Å². The second-order valence-corrected chi connectivity index (χ2v) is 9.13. The minimum absolute atomic E-state index is 0.214. The van der Waals surface area contributed by atoms with Crippen molar-refractivity contribution in [3.05, 3.63) is 59.7 Å². The zero-order valence-electron chi connectivity index (χ0n) is 22.1. The van der Waals surface area contributed by atoms with E-state index in [0.717, 1.165) is 22.3 Å². The minimum Gasteiger partial charge on any atom is -0.468 e. The maximum atomic E-state index is 13.9. The van der Waals surface area contributed by atoms with E-state index in [2.05, 4.69) is 26.0 Å². The summed E-state index contributed by atoms with van der Waals surface area (Å²) in [6.07, 6.45) is 0.316. The topological polar surface area (TPSA) is 143 Å². The van der Waals surface area contributed by atoms with Gasteiger partial charge in [-0.3, -0.25) is 24.0 Å². The van der Waals surface area contributed by atoms with Crippen LogP contribution in [0.3, 0.4) is 0 Å². The van der Waals surface area contributed by atoms with Gasteiger partial charge in [0.1, 0.15) is 17.5 Å². The molecule has 2 aromatic rings. The number of hydrogen-bond donors (Lipinski definition) is 4. The van der Waals surface area contributed by atoms with Gasteiger partial charge in [0.15, 0.2) is 0 Å². The molecule has 0 aliphatic heterocycles. The standard InChI is InChI=1S/C28H34N4O6/c1-5-27(6-2,25(36)29-3)26(37)32-28(15-22(33)30-16-23(34)31-17-24(35)38-4)20-13-9-7-11-18(20)19-12-8-10-14-21(19)28/h7-14H,5-6,15-17H2,1-4H3,(H,29,36)(H,30,33)(H,31,34)(H,32,37). The Bertz CT molecular complexity index is 1190. The van der Waals surface area contributed by atoms with Gasteiger partial charge in [0.05, 0.1) is 20.1 Å². The third kappa shape index (κ3) is 5.25. The Labute approximate surface area is 221 Å². The fourth-order valence-electron chi connectivity index (χ4n) is 5.03. The van der Waals surface area contributed by atoms with Gasteiger partial charge >= 0.3 is 5.97 Å². The fourth-order valence-corrected chi connectivity index (χ4v) is 5.03. The Kier molecular flexibility index (Phi) is 8.88. The van der Waals surface area contributed by atoms with Gasteiger partial charge < -0.3 is 26.0 Å². The van der Waals surface area contributed by atoms with Crippen molar-refractivity contribution >= 4 is 29.6 Å². The van der Waals surface area contributed by atoms with E-state index >= 15 is 0 Å². The van der Waals surface area contributed by atoms with Gasteiger partial charge in [0.2, 0.25) is 23.6 Å². The van der Waals surface area contributed by atoms with E-state index < -0.39 is 40.6 Å². The minimum atomic E-state index is -1.33. The molecular weight excluding hydrogens is 488 g/mol. The summed E-state index contributed by atoms with van der Waals surface area (Å²) in [5, 5.41) is 10.7. The lowest BCUT2D eigenvalue weighted by atomic mass is 9.77. The largest absolute Gasteiger partial charge is 0.468 e. The highest BCUT2D eigenvalue weighted by atomic mass is 16.5. The van der Waals surface area contributed by atoms with Crippen LogP contribution in [0.25, 0.3) is 11.1 Å². The molecule has 4 N–H and O–H groups in total. The van der Waals surface area contributed by atoms with Gasteiger partial charge in [-0.1, -0.05) is 62.4 Å². The summed E-state index contributed by atoms with van der Waals surface area (Å²) >= 11 is 0. The molecular formula is C28H34N4O6. The SMILES string of the molecule is CCC(CC)(C(=O)NC)C(=O)NC1(CC(=O)NCC(=O)NCC(=O)OC)c2ccccc2-c2ccccc21. The van der Waals surface area contributed by atoms with Crippen molar-refractivity contribution in [2.24, 2.45) is 5.41 Å². The zero-order chi connectivity index (χ0) is 27.9. The maximum Gasteiger partial charge on any atom is 0.325 e. The first-order valence-corrected chi connectivity index (χ1v) is 12.5. The van der Waals surface area contributed by atoms with E-state index in [4.69, 9.17) is 0 Å². The fraction of sp³-hybridized carbons (Fsp3) is 0.393. The van der Waals surface area contributed by atoms with Crippen LogP contribution in [0.1, 0.15) is 44.2 Å². The summed E-state index contributed by atoms with van der Waals surface area (Å²) in [6, 6.07) is 15.0. The molecule has 0 radical (unpaired) electrons. The van der Waals surface area contributed by atoms with Crippen LogP contribution in [0.4, 0.5) is 0 Å². The van der Waals surface area contributed by atoms with Crippen LogP contribution in [0.15, 0.2) is 48.5 Å². The molecule has 4 amide bonds. The summed E-state index contributed by atoms with van der Waals surface area (Å²) in [5.74, 6) is -2.57. The predicted octanol–water partition coefficient (Wildman–Crippen LogP) is 1.37. The number of amides is 4. The molecule has 202 valence electrons. The van der Waals surface area contributed by atoms with E-state index in [1.165, 1.54) is 14.2 Å². The van der Waals surface area contributed by atoms with Crippen LogP contribution in [0.2, 0.25) is 0 Å². The molecule has 38 heavy (non-hydrogen) atoms. The van der Waals surface area contributed by atoms with Crippen LogP contribution in [-0.4, -0.2) is 56.8 Å². The van der Waals surface area contributed by atoms with Crippen LogP contribution < -0.4 is 21.3 Å². The number of nitrogens with one attached hydrogen (secondary N) is 4. The van der Waals surface area contributed by atoms with Crippen molar-refractivity contribution in [1.29, 1.82) is 0 Å². The molecule has 2 aromatic carbocycles. The van der Waals surface area contributed by atoms with Gasteiger partial charge in [0, 0.05) is 7.05 Å². The number of rotatable bonds is 11. The Morgan fingerprint density at radius 3 is 1.82 bits per heavy atom. The molecule has 0 heterocycles. The molecule has 0 bridgehead atoms. The number of ether oxygens (including phenoxy) is 1. The molecule has 3 rings (SSSR count). The lowest BCUT2D eigenvalue weighted by Crippen LogP contribution is -2.57. The van der Waals surface area contributed by atoms with Crippen LogP contribution in [0.5, 0.6) is 0 Å². The lowest BCUT2D eigenvalue weighted by molar-refractivity contribution is -0.145. The summed E-state index contributed by atoms with van der Waals surface area (Å²) in [4.78, 5) is 63.5. The predicted molar refractivity (Wildman–Crippen MR) is 141 cm³/mol. The first-order chi connectivity index (χ1) is 18.2. The van der Waals surface area contributed by atoms with Gasteiger partial charge in [0.25, 0.3) is 0 Å². The third-order valence-corrected chi connectivity index (χ3v) is 7.22. The number of benzene rings is 2. The Hall–Kier alpha value is -4.21. The number of hydrogen-bond acceptors (Lipinski definition) is 6. The molecule has 1 aliphatic rings. The number of carbonyl (C=O) groups is 5. The second-order valence-electron chi connectivity index (χ2n) is 9.13. The van der Waals surface area contributed by atoms with Crippen molar-refractivity contribution in [3.8, 4) is 11.1 Å². The molecule has 0 unspecified atom stereocenters. The van der Waals surface area contributed by atoms with E-state index in [1.54, 1.807) is 13.8 Å². The molecule has 0 fully saturated rings. The molecule has 1 aliphatic carbocycles. The summed E-state index contributed by atoms with van der Waals surface area (Å²) < 4.78 is 4.49. The van der Waals surface area contributed by atoms with Crippen molar-refractivity contribution in [1.82, 2.24) is 21.3 Å². The molecule has 10 heteroatoms. The number of esters is 1. The Balaban J connectivity index is 1.99. The van der Waals surface area contributed by atoms with E-state index in [9.17, 15) is 24.0 Å². The van der Waals surface area contributed by atoms with Crippen LogP contribution in [0, 0.1) is 5.41 Å². The van der Waals surface area contributed by atoms with E-state index in [0.29, 0.717) is 0 Å². The summed E-state index contributed by atoms with van der Waals surface area (Å²) in [6.45, 7) is 2.87. The molecule has 0 atom stereocenters. The molecule has 10 nitrogen and oxygen atoms in total. The molecule has 0 spiro atoms. The van der Waals surface area contributed by atoms with Crippen LogP contribution in [-0.2, 0) is 34.2 Å². The zero-order valence-corrected chi connectivity index (χ0v) is 22.1. The summed E-state index contributed by atoms with van der Waals surface area (Å²) in [5.41, 5.74) is 0.561. The first-order valence-electron chi connectivity index (χ1n) is 12.5. The monoisotopic (exact) mass is 522 g/mol. The number of fused-ring (bicyclic) bond motifs is 3. The van der Waals surface area contributed by atoms with Crippen molar-refractivity contribution in [3.63, 3.8) is 0 Å². The Morgan fingerprint density at radius 2 is 1.32 bits per heavy atom. The highest BCUT2D eigenvalue weighted by Gasteiger charge is 2.50. The number of methoxy groups -OCH3 is 1. The lowest BCUT2D eigenvalue weighted by Gasteiger charge is -2.37. The molecule has 0 saturated heterocycles. The van der Waals surface area contributed by atoms with Crippen molar-refractivity contribution in [2.45, 2.75) is 38.6 Å².